The van der Waals surface area contributed by atoms with E-state index in [-0.39, 0.29) is 6.04 Å². The summed E-state index contributed by atoms with van der Waals surface area (Å²) in [4.78, 5) is 4.72. The van der Waals surface area contributed by atoms with Crippen molar-refractivity contribution < 1.29 is 0 Å². The van der Waals surface area contributed by atoms with E-state index in [1.165, 1.54) is 22.1 Å². The third-order valence-electron chi connectivity index (χ3n) is 3.87. The standard InChI is InChI=1S/C17H22N2/c1-6-7-16(18-5)14-8-9-15-12(3)11(2)13(4)19-17(15)10-14/h6-10,16,18H,1-5H3/b7-6-. The molecular weight excluding hydrogens is 232 g/mol. The highest BCUT2D eigenvalue weighted by Gasteiger charge is 2.09. The molecule has 2 heteroatoms. The lowest BCUT2D eigenvalue weighted by molar-refractivity contribution is 0.714. The number of rotatable bonds is 3. The summed E-state index contributed by atoms with van der Waals surface area (Å²) in [6.07, 6.45) is 4.24. The smallest absolute Gasteiger partial charge is 0.0711 e. The van der Waals surface area contributed by atoms with Crippen molar-refractivity contribution in [2.45, 2.75) is 33.7 Å². The molecule has 0 aliphatic heterocycles. The van der Waals surface area contributed by atoms with Crippen molar-refractivity contribution in [2.75, 3.05) is 7.05 Å². The van der Waals surface area contributed by atoms with Gasteiger partial charge in [-0.05, 0) is 57.5 Å². The summed E-state index contributed by atoms with van der Waals surface area (Å²) in [6, 6.07) is 6.81. The Morgan fingerprint density at radius 1 is 1.16 bits per heavy atom. The van der Waals surface area contributed by atoms with Crippen LogP contribution in [-0.4, -0.2) is 12.0 Å². The Morgan fingerprint density at radius 3 is 2.53 bits per heavy atom. The highest BCUT2D eigenvalue weighted by atomic mass is 14.9. The highest BCUT2D eigenvalue weighted by molar-refractivity contribution is 5.84. The number of pyridine rings is 1. The van der Waals surface area contributed by atoms with Crippen molar-refractivity contribution in [3.63, 3.8) is 0 Å². The Balaban J connectivity index is 2.61. The number of nitrogens with zero attached hydrogens (tertiary/aromatic N) is 1. The largest absolute Gasteiger partial charge is 0.310 e. The van der Waals surface area contributed by atoms with Crippen LogP contribution in [-0.2, 0) is 0 Å². The number of nitrogens with one attached hydrogen (secondary N) is 1. The molecule has 0 bridgehead atoms. The van der Waals surface area contributed by atoms with E-state index in [4.69, 9.17) is 4.98 Å². The zero-order chi connectivity index (χ0) is 14.0. The summed E-state index contributed by atoms with van der Waals surface area (Å²) in [5.41, 5.74) is 6.08. The van der Waals surface area contributed by atoms with Gasteiger partial charge in [-0.1, -0.05) is 24.3 Å². The fourth-order valence-electron chi connectivity index (χ4n) is 2.46. The number of hydrogen-bond acceptors (Lipinski definition) is 2. The van der Waals surface area contributed by atoms with Gasteiger partial charge in [0, 0.05) is 11.1 Å². The van der Waals surface area contributed by atoms with Crippen LogP contribution in [0.3, 0.4) is 0 Å². The van der Waals surface area contributed by atoms with Gasteiger partial charge in [0.1, 0.15) is 0 Å². The maximum Gasteiger partial charge on any atom is 0.0711 e. The van der Waals surface area contributed by atoms with E-state index in [2.05, 4.69) is 56.4 Å². The molecule has 0 aliphatic carbocycles. The van der Waals surface area contributed by atoms with E-state index >= 15 is 0 Å². The van der Waals surface area contributed by atoms with Crippen LogP contribution in [0.25, 0.3) is 10.9 Å². The molecule has 0 aliphatic rings. The number of aryl methyl sites for hydroxylation is 2. The van der Waals surface area contributed by atoms with Gasteiger partial charge < -0.3 is 5.32 Å². The van der Waals surface area contributed by atoms with E-state index in [0.29, 0.717) is 0 Å². The fourth-order valence-corrected chi connectivity index (χ4v) is 2.46. The van der Waals surface area contributed by atoms with Gasteiger partial charge >= 0.3 is 0 Å². The molecule has 1 N–H and O–H groups in total. The van der Waals surface area contributed by atoms with E-state index in [1.54, 1.807) is 0 Å². The average Bonchev–Trinajstić information content (AvgIpc) is 2.41. The van der Waals surface area contributed by atoms with Crippen LogP contribution in [0.4, 0.5) is 0 Å². The third kappa shape index (κ3) is 2.54. The molecule has 0 spiro atoms. The van der Waals surface area contributed by atoms with Crippen LogP contribution < -0.4 is 5.32 Å². The summed E-state index contributed by atoms with van der Waals surface area (Å²) >= 11 is 0. The predicted octanol–water partition coefficient (Wildman–Crippen LogP) is 4.00. The monoisotopic (exact) mass is 254 g/mol. The Morgan fingerprint density at radius 2 is 1.89 bits per heavy atom. The molecule has 0 amide bonds. The molecule has 19 heavy (non-hydrogen) atoms. The molecule has 1 unspecified atom stereocenters. The molecule has 100 valence electrons. The van der Waals surface area contributed by atoms with Crippen molar-refractivity contribution in [2.24, 2.45) is 0 Å². The van der Waals surface area contributed by atoms with Crippen LogP contribution in [0.1, 0.15) is 35.3 Å². The van der Waals surface area contributed by atoms with Crippen LogP contribution >= 0.6 is 0 Å². The molecule has 1 atom stereocenters. The second-order valence-electron chi connectivity index (χ2n) is 5.02. The first kappa shape index (κ1) is 13.8. The van der Waals surface area contributed by atoms with Crippen molar-refractivity contribution in [1.82, 2.24) is 10.3 Å². The topological polar surface area (TPSA) is 24.9 Å². The summed E-state index contributed by atoms with van der Waals surface area (Å²) in [6.45, 7) is 8.44. The quantitative estimate of drug-likeness (QED) is 0.837. The van der Waals surface area contributed by atoms with Crippen LogP contribution in [0.5, 0.6) is 0 Å². The van der Waals surface area contributed by atoms with Gasteiger partial charge in [0.05, 0.1) is 11.6 Å². The molecule has 1 aromatic carbocycles. The van der Waals surface area contributed by atoms with Gasteiger partial charge in [-0.2, -0.15) is 0 Å². The Hall–Kier alpha value is -1.67. The molecule has 1 aromatic heterocycles. The zero-order valence-electron chi connectivity index (χ0n) is 12.4. The van der Waals surface area contributed by atoms with Gasteiger partial charge in [-0.15, -0.1) is 0 Å². The molecule has 1 heterocycles. The SMILES string of the molecule is C/C=C\C(NC)c1ccc2c(C)c(C)c(C)nc2c1. The normalized spacial score (nSPS) is 13.3. The summed E-state index contributed by atoms with van der Waals surface area (Å²) in [5.74, 6) is 0. The maximum absolute atomic E-state index is 4.72. The lowest BCUT2D eigenvalue weighted by Crippen LogP contribution is -2.13. The van der Waals surface area contributed by atoms with E-state index in [1.807, 2.05) is 14.0 Å². The van der Waals surface area contributed by atoms with Gasteiger partial charge in [-0.3, -0.25) is 4.98 Å². The molecule has 2 nitrogen and oxygen atoms in total. The molecule has 2 rings (SSSR count). The van der Waals surface area contributed by atoms with Gasteiger partial charge in [0.15, 0.2) is 0 Å². The van der Waals surface area contributed by atoms with Crippen molar-refractivity contribution in [3.05, 3.63) is 52.7 Å². The second-order valence-corrected chi connectivity index (χ2v) is 5.02. The molecule has 0 saturated heterocycles. The summed E-state index contributed by atoms with van der Waals surface area (Å²) in [7, 11) is 1.98. The van der Waals surface area contributed by atoms with E-state index in [9.17, 15) is 0 Å². The van der Waals surface area contributed by atoms with Gasteiger partial charge in [0.25, 0.3) is 0 Å². The van der Waals surface area contributed by atoms with Crippen molar-refractivity contribution in [1.29, 1.82) is 0 Å². The average molecular weight is 254 g/mol. The first-order valence-corrected chi connectivity index (χ1v) is 6.76. The number of aromatic nitrogens is 1. The number of benzene rings is 1. The maximum atomic E-state index is 4.72. The molecule has 2 aromatic rings. The number of likely N-dealkylation sites (N-methyl/N-ethyl adjacent to an activating group) is 1. The summed E-state index contributed by atoms with van der Waals surface area (Å²) in [5, 5.41) is 4.56. The minimum Gasteiger partial charge on any atom is -0.310 e. The third-order valence-corrected chi connectivity index (χ3v) is 3.87. The lowest BCUT2D eigenvalue weighted by Gasteiger charge is -2.14. The van der Waals surface area contributed by atoms with Gasteiger partial charge in [0.2, 0.25) is 0 Å². The van der Waals surface area contributed by atoms with Crippen molar-refractivity contribution >= 4 is 10.9 Å². The minimum absolute atomic E-state index is 0.248. The van der Waals surface area contributed by atoms with E-state index in [0.717, 1.165) is 11.2 Å². The highest BCUT2D eigenvalue weighted by Crippen LogP contribution is 2.25. The molecular formula is C17H22N2. The van der Waals surface area contributed by atoms with Crippen LogP contribution in [0.2, 0.25) is 0 Å². The van der Waals surface area contributed by atoms with E-state index < -0.39 is 0 Å². The Kier molecular flexibility index (Phi) is 4.01. The predicted molar refractivity (Wildman–Crippen MR) is 82.6 cm³/mol. The lowest BCUT2D eigenvalue weighted by atomic mass is 9.99. The Bertz CT molecular complexity index is 627. The van der Waals surface area contributed by atoms with Gasteiger partial charge in [-0.25, -0.2) is 0 Å². The fraction of sp³-hybridized carbons (Fsp3) is 0.353. The first-order valence-electron chi connectivity index (χ1n) is 6.76. The second kappa shape index (κ2) is 5.54. The van der Waals surface area contributed by atoms with Crippen LogP contribution in [0, 0.1) is 20.8 Å². The summed E-state index contributed by atoms with van der Waals surface area (Å²) < 4.78 is 0. The van der Waals surface area contributed by atoms with Crippen LogP contribution in [0.15, 0.2) is 30.4 Å². The Labute approximate surface area is 115 Å². The number of fused-ring (bicyclic) bond motifs is 1. The molecule has 0 radical (unpaired) electrons. The number of hydrogen-bond donors (Lipinski definition) is 1. The minimum atomic E-state index is 0.248. The first-order chi connectivity index (χ1) is 9.08. The molecule has 0 fully saturated rings. The zero-order valence-corrected chi connectivity index (χ0v) is 12.4. The number of allylic oxidation sites excluding steroid dienone is 1. The van der Waals surface area contributed by atoms with Crippen molar-refractivity contribution in [3.8, 4) is 0 Å². The molecule has 0 saturated carbocycles.